The summed E-state index contributed by atoms with van der Waals surface area (Å²) in [5, 5.41) is 3.16. The first kappa shape index (κ1) is 19.7. The van der Waals surface area contributed by atoms with E-state index in [1.54, 1.807) is 12.1 Å². The molecule has 0 amide bonds. The Balaban J connectivity index is 1.82. The summed E-state index contributed by atoms with van der Waals surface area (Å²) in [6.45, 7) is 0.191. The maximum Gasteiger partial charge on any atom is 0.209 e. The van der Waals surface area contributed by atoms with Crippen LogP contribution in [-0.2, 0) is 16.6 Å². The van der Waals surface area contributed by atoms with Gasteiger partial charge in [0.2, 0.25) is 10.0 Å². The lowest BCUT2D eigenvalue weighted by atomic mass is 10.1. The molecule has 0 aliphatic carbocycles. The van der Waals surface area contributed by atoms with E-state index in [2.05, 4.69) is 20.0 Å². The van der Waals surface area contributed by atoms with Gasteiger partial charge in [-0.2, -0.15) is 0 Å². The van der Waals surface area contributed by atoms with Crippen LogP contribution in [0.2, 0.25) is 0 Å². The summed E-state index contributed by atoms with van der Waals surface area (Å²) in [6, 6.07) is 13.2. The van der Waals surface area contributed by atoms with Crippen LogP contribution in [0.3, 0.4) is 0 Å². The van der Waals surface area contributed by atoms with E-state index in [4.69, 9.17) is 4.74 Å². The lowest BCUT2D eigenvalue weighted by Crippen LogP contribution is -2.21. The molecule has 0 radical (unpaired) electrons. The molecule has 0 unspecified atom stereocenters. The lowest BCUT2D eigenvalue weighted by molar-refractivity contribution is 0.413. The van der Waals surface area contributed by atoms with Gasteiger partial charge in [0.1, 0.15) is 23.7 Å². The number of methoxy groups -OCH3 is 1. The van der Waals surface area contributed by atoms with Crippen LogP contribution in [0.1, 0.15) is 5.56 Å². The Labute approximate surface area is 162 Å². The van der Waals surface area contributed by atoms with Crippen molar-refractivity contribution < 1.29 is 17.5 Å². The van der Waals surface area contributed by atoms with Crippen LogP contribution in [0.5, 0.6) is 5.75 Å². The summed E-state index contributed by atoms with van der Waals surface area (Å²) in [6.07, 6.45) is 2.51. The van der Waals surface area contributed by atoms with Crippen LogP contribution in [0.25, 0.3) is 11.3 Å². The van der Waals surface area contributed by atoms with Crippen molar-refractivity contribution in [3.05, 3.63) is 66.2 Å². The van der Waals surface area contributed by atoms with E-state index in [9.17, 15) is 12.8 Å². The number of nitrogens with zero attached hydrogens (tertiary/aromatic N) is 2. The van der Waals surface area contributed by atoms with Crippen LogP contribution in [0.15, 0.2) is 54.9 Å². The predicted octanol–water partition coefficient (Wildman–Crippen LogP) is 3.08. The van der Waals surface area contributed by atoms with Crippen LogP contribution in [0.4, 0.5) is 15.9 Å². The van der Waals surface area contributed by atoms with Crippen molar-refractivity contribution in [3.63, 3.8) is 0 Å². The van der Waals surface area contributed by atoms with Crippen molar-refractivity contribution in [3.8, 4) is 17.0 Å². The van der Waals surface area contributed by atoms with Gasteiger partial charge in [-0.15, -0.1) is 0 Å². The molecule has 0 aliphatic heterocycles. The van der Waals surface area contributed by atoms with Gasteiger partial charge in [-0.25, -0.2) is 27.5 Å². The van der Waals surface area contributed by atoms with Gasteiger partial charge in [-0.05, 0) is 29.8 Å². The number of hydrogen-bond acceptors (Lipinski definition) is 6. The van der Waals surface area contributed by atoms with E-state index in [0.29, 0.717) is 22.8 Å². The highest BCUT2D eigenvalue weighted by molar-refractivity contribution is 7.88. The molecule has 0 spiro atoms. The van der Waals surface area contributed by atoms with Crippen molar-refractivity contribution >= 4 is 21.5 Å². The zero-order valence-electron chi connectivity index (χ0n) is 15.3. The second kappa shape index (κ2) is 8.32. The highest BCUT2D eigenvalue weighted by Crippen LogP contribution is 2.30. The van der Waals surface area contributed by atoms with Crippen LogP contribution in [0, 0.1) is 5.82 Å². The third-order valence-corrected chi connectivity index (χ3v) is 4.51. The summed E-state index contributed by atoms with van der Waals surface area (Å²) in [5.41, 5.74) is 2.75. The molecule has 0 saturated heterocycles. The summed E-state index contributed by atoms with van der Waals surface area (Å²) < 4.78 is 43.6. The molecular formula is C19H19FN4O3S. The molecule has 2 N–H and O–H groups in total. The molecule has 28 heavy (non-hydrogen) atoms. The van der Waals surface area contributed by atoms with E-state index in [1.165, 1.54) is 25.6 Å². The van der Waals surface area contributed by atoms with Gasteiger partial charge >= 0.3 is 0 Å². The first-order valence-corrected chi connectivity index (χ1v) is 10.2. The molecule has 7 nitrogen and oxygen atoms in total. The van der Waals surface area contributed by atoms with Crippen LogP contribution < -0.4 is 14.8 Å². The first-order chi connectivity index (χ1) is 13.3. The van der Waals surface area contributed by atoms with E-state index < -0.39 is 15.8 Å². The summed E-state index contributed by atoms with van der Waals surface area (Å²) >= 11 is 0. The second-order valence-corrected chi connectivity index (χ2v) is 7.88. The molecule has 0 atom stereocenters. The molecule has 0 bridgehead atoms. The lowest BCUT2D eigenvalue weighted by Gasteiger charge is -2.11. The topological polar surface area (TPSA) is 93.2 Å². The first-order valence-electron chi connectivity index (χ1n) is 8.30. The summed E-state index contributed by atoms with van der Waals surface area (Å²) in [7, 11) is -1.80. The number of anilines is 2. The molecular weight excluding hydrogens is 383 g/mol. The maximum absolute atomic E-state index is 13.4. The van der Waals surface area contributed by atoms with Gasteiger partial charge in [0.25, 0.3) is 0 Å². The van der Waals surface area contributed by atoms with E-state index in [-0.39, 0.29) is 6.54 Å². The van der Waals surface area contributed by atoms with Gasteiger partial charge in [-0.3, -0.25) is 0 Å². The summed E-state index contributed by atoms with van der Waals surface area (Å²) in [4.78, 5) is 8.43. The minimum absolute atomic E-state index is 0.191. The molecule has 2 aromatic carbocycles. The predicted molar refractivity (Wildman–Crippen MR) is 105 cm³/mol. The molecule has 9 heteroatoms. The quantitative estimate of drug-likeness (QED) is 0.631. The molecule has 0 fully saturated rings. The second-order valence-electron chi connectivity index (χ2n) is 6.05. The standard InChI is InChI=1S/C19H19FN4O3S/c1-27-18-9-14(20)6-7-16(18)17-10-19(22-12-21-17)24-15-5-3-4-13(8-15)11-23-28(2,25)26/h3-10,12,23H,11H2,1-2H3,(H,21,22,24). The average molecular weight is 402 g/mol. The van der Waals surface area contributed by atoms with Crippen molar-refractivity contribution in [2.24, 2.45) is 0 Å². The fourth-order valence-electron chi connectivity index (χ4n) is 2.57. The number of benzene rings is 2. The van der Waals surface area contributed by atoms with Crippen LogP contribution in [-0.4, -0.2) is 31.8 Å². The highest BCUT2D eigenvalue weighted by atomic mass is 32.2. The fraction of sp³-hybridized carbons (Fsp3) is 0.158. The van der Waals surface area contributed by atoms with Gasteiger partial charge in [0.05, 0.1) is 19.1 Å². The van der Waals surface area contributed by atoms with E-state index in [0.717, 1.165) is 17.5 Å². The van der Waals surface area contributed by atoms with Gasteiger partial charge in [0.15, 0.2) is 0 Å². The zero-order valence-corrected chi connectivity index (χ0v) is 16.1. The summed E-state index contributed by atoms with van der Waals surface area (Å²) in [5.74, 6) is 0.510. The Kier molecular flexibility index (Phi) is 5.86. The normalized spacial score (nSPS) is 11.2. The third-order valence-electron chi connectivity index (χ3n) is 3.84. The van der Waals surface area contributed by atoms with Gasteiger partial charge in [0, 0.05) is 29.9 Å². The van der Waals surface area contributed by atoms with Crippen molar-refractivity contribution in [1.82, 2.24) is 14.7 Å². The van der Waals surface area contributed by atoms with Crippen molar-refractivity contribution in [1.29, 1.82) is 0 Å². The number of rotatable bonds is 7. The number of nitrogens with one attached hydrogen (secondary N) is 2. The number of sulfonamides is 1. The smallest absolute Gasteiger partial charge is 0.209 e. The van der Waals surface area contributed by atoms with E-state index >= 15 is 0 Å². The Bertz CT molecular complexity index is 1090. The third kappa shape index (κ3) is 5.24. The highest BCUT2D eigenvalue weighted by Gasteiger charge is 2.10. The number of halogens is 1. The molecule has 146 valence electrons. The Morgan fingerprint density at radius 2 is 1.93 bits per heavy atom. The minimum Gasteiger partial charge on any atom is -0.496 e. The molecule has 3 rings (SSSR count). The average Bonchev–Trinajstić information content (AvgIpc) is 2.66. The Hall–Kier alpha value is -3.04. The minimum atomic E-state index is -3.27. The van der Waals surface area contributed by atoms with Gasteiger partial charge in [-0.1, -0.05) is 12.1 Å². The van der Waals surface area contributed by atoms with Gasteiger partial charge < -0.3 is 10.1 Å². The fourth-order valence-corrected chi connectivity index (χ4v) is 3.00. The van der Waals surface area contributed by atoms with E-state index in [1.807, 2.05) is 24.3 Å². The molecule has 1 aromatic heterocycles. The number of aromatic nitrogens is 2. The largest absolute Gasteiger partial charge is 0.496 e. The van der Waals surface area contributed by atoms with Crippen molar-refractivity contribution in [2.75, 3.05) is 18.7 Å². The molecule has 0 aliphatic rings. The molecule has 1 heterocycles. The van der Waals surface area contributed by atoms with Crippen LogP contribution >= 0.6 is 0 Å². The maximum atomic E-state index is 13.4. The monoisotopic (exact) mass is 402 g/mol. The Morgan fingerprint density at radius 1 is 1.11 bits per heavy atom. The SMILES string of the molecule is COc1cc(F)ccc1-c1cc(Nc2cccc(CNS(C)(=O)=O)c2)ncn1. The number of hydrogen-bond donors (Lipinski definition) is 2. The molecule has 0 saturated carbocycles. The molecule has 3 aromatic rings. The number of ether oxygens (including phenoxy) is 1. The Morgan fingerprint density at radius 3 is 2.68 bits per heavy atom. The zero-order chi connectivity index (χ0) is 20.1. The van der Waals surface area contributed by atoms with Crippen molar-refractivity contribution in [2.45, 2.75) is 6.54 Å².